The molecule has 2 aromatic carbocycles. The van der Waals surface area contributed by atoms with Crippen molar-refractivity contribution in [1.29, 1.82) is 0 Å². The Bertz CT molecular complexity index is 1210. The fraction of sp³-hybridized carbons (Fsp3) is 0.269. The van der Waals surface area contributed by atoms with Crippen LogP contribution in [-0.2, 0) is 22.6 Å². The molecular weight excluding hydrogens is 464 g/mol. The standard InChI is InChI=1S/C26H28N4O4S/c1-32-15-13-29(17-20-8-4-3-5-9-20)24(31)19-35-26-28-27-25(21-10-6-11-22(16-21)33-2)30(26)18-23-12-7-14-34-23/h3-12,14,16H,13,15,17-19H2,1-2H3. The Morgan fingerprint density at radius 1 is 1.06 bits per heavy atom. The molecule has 2 aromatic heterocycles. The molecule has 0 saturated heterocycles. The Labute approximate surface area is 208 Å². The van der Waals surface area contributed by atoms with E-state index in [1.165, 1.54) is 11.8 Å². The third-order valence-electron chi connectivity index (χ3n) is 5.40. The highest BCUT2D eigenvalue weighted by Gasteiger charge is 2.20. The van der Waals surface area contributed by atoms with E-state index in [2.05, 4.69) is 10.2 Å². The number of amides is 1. The summed E-state index contributed by atoms with van der Waals surface area (Å²) < 4.78 is 18.1. The van der Waals surface area contributed by atoms with Crippen molar-refractivity contribution < 1.29 is 18.7 Å². The van der Waals surface area contributed by atoms with Gasteiger partial charge in [0.25, 0.3) is 0 Å². The van der Waals surface area contributed by atoms with Gasteiger partial charge in [0.05, 0.1) is 32.3 Å². The smallest absolute Gasteiger partial charge is 0.233 e. The van der Waals surface area contributed by atoms with Crippen molar-refractivity contribution in [2.75, 3.05) is 33.1 Å². The molecule has 35 heavy (non-hydrogen) atoms. The molecule has 0 aliphatic rings. The number of hydrogen-bond donors (Lipinski definition) is 0. The van der Waals surface area contributed by atoms with E-state index in [4.69, 9.17) is 13.9 Å². The first-order valence-corrected chi connectivity index (χ1v) is 12.2. The molecule has 1 amide bonds. The Morgan fingerprint density at radius 2 is 1.91 bits per heavy atom. The number of carbonyl (C=O) groups is 1. The van der Waals surface area contributed by atoms with Crippen molar-refractivity contribution in [2.24, 2.45) is 0 Å². The van der Waals surface area contributed by atoms with Crippen molar-refractivity contribution >= 4 is 17.7 Å². The van der Waals surface area contributed by atoms with Gasteiger partial charge in [0, 0.05) is 25.8 Å². The van der Waals surface area contributed by atoms with E-state index >= 15 is 0 Å². The summed E-state index contributed by atoms with van der Waals surface area (Å²) in [7, 11) is 3.27. The van der Waals surface area contributed by atoms with Gasteiger partial charge in [-0.1, -0.05) is 54.2 Å². The van der Waals surface area contributed by atoms with Gasteiger partial charge in [0.1, 0.15) is 11.5 Å². The molecule has 0 unspecified atom stereocenters. The average Bonchev–Trinajstić information content (AvgIpc) is 3.56. The number of thioether (sulfide) groups is 1. The summed E-state index contributed by atoms with van der Waals surface area (Å²) in [5.41, 5.74) is 1.94. The first-order valence-electron chi connectivity index (χ1n) is 11.2. The van der Waals surface area contributed by atoms with Gasteiger partial charge in [-0.05, 0) is 29.8 Å². The lowest BCUT2D eigenvalue weighted by molar-refractivity contribution is -0.129. The number of furan rings is 1. The summed E-state index contributed by atoms with van der Waals surface area (Å²) in [6.07, 6.45) is 1.64. The summed E-state index contributed by atoms with van der Waals surface area (Å²) >= 11 is 1.36. The number of benzene rings is 2. The molecule has 8 nitrogen and oxygen atoms in total. The number of aromatic nitrogens is 3. The number of nitrogens with zero attached hydrogens (tertiary/aromatic N) is 4. The number of hydrogen-bond acceptors (Lipinski definition) is 7. The van der Waals surface area contributed by atoms with Crippen LogP contribution in [0.3, 0.4) is 0 Å². The van der Waals surface area contributed by atoms with Crippen LogP contribution in [0.5, 0.6) is 5.75 Å². The van der Waals surface area contributed by atoms with Crippen molar-refractivity contribution in [1.82, 2.24) is 19.7 Å². The van der Waals surface area contributed by atoms with Crippen LogP contribution < -0.4 is 4.74 Å². The monoisotopic (exact) mass is 492 g/mol. The maximum Gasteiger partial charge on any atom is 0.233 e. The molecule has 2 heterocycles. The summed E-state index contributed by atoms with van der Waals surface area (Å²) in [6.45, 7) is 1.95. The molecule has 0 bridgehead atoms. The summed E-state index contributed by atoms with van der Waals surface area (Å²) in [6, 6.07) is 21.3. The SMILES string of the molecule is COCCN(Cc1ccccc1)C(=O)CSc1nnc(-c2cccc(OC)c2)n1Cc1ccco1. The van der Waals surface area contributed by atoms with Gasteiger partial charge in [-0.25, -0.2) is 0 Å². The van der Waals surface area contributed by atoms with Gasteiger partial charge in [-0.15, -0.1) is 10.2 Å². The lowest BCUT2D eigenvalue weighted by Gasteiger charge is -2.22. The summed E-state index contributed by atoms with van der Waals surface area (Å²) in [5.74, 6) is 2.41. The summed E-state index contributed by atoms with van der Waals surface area (Å²) in [4.78, 5) is 15.0. The zero-order chi connectivity index (χ0) is 24.5. The zero-order valence-electron chi connectivity index (χ0n) is 19.8. The molecule has 4 rings (SSSR count). The summed E-state index contributed by atoms with van der Waals surface area (Å²) in [5, 5.41) is 9.47. The lowest BCUT2D eigenvalue weighted by Crippen LogP contribution is -2.34. The van der Waals surface area contributed by atoms with E-state index in [0.717, 1.165) is 22.6 Å². The molecule has 0 fully saturated rings. The van der Waals surface area contributed by atoms with Crippen LogP contribution in [0, 0.1) is 0 Å². The van der Waals surface area contributed by atoms with E-state index in [0.29, 0.717) is 37.2 Å². The van der Waals surface area contributed by atoms with Gasteiger partial charge in [-0.3, -0.25) is 9.36 Å². The second-order valence-electron chi connectivity index (χ2n) is 7.79. The molecule has 0 atom stereocenters. The molecule has 0 radical (unpaired) electrons. The van der Waals surface area contributed by atoms with Gasteiger partial charge in [0.2, 0.25) is 5.91 Å². The zero-order valence-corrected chi connectivity index (χ0v) is 20.6. The molecular formula is C26H28N4O4S. The van der Waals surface area contributed by atoms with E-state index in [1.807, 2.05) is 76.2 Å². The third-order valence-corrected chi connectivity index (χ3v) is 6.35. The highest BCUT2D eigenvalue weighted by Crippen LogP contribution is 2.28. The molecule has 0 N–H and O–H groups in total. The van der Waals surface area contributed by atoms with Gasteiger partial charge < -0.3 is 18.8 Å². The predicted molar refractivity (Wildman–Crippen MR) is 134 cm³/mol. The van der Waals surface area contributed by atoms with Crippen molar-refractivity contribution in [3.05, 3.63) is 84.3 Å². The molecule has 0 spiro atoms. The first kappa shape index (κ1) is 24.6. The Kier molecular flexibility index (Phi) is 8.58. The van der Waals surface area contributed by atoms with Crippen LogP contribution in [0.4, 0.5) is 0 Å². The van der Waals surface area contributed by atoms with Crippen LogP contribution in [0.15, 0.2) is 82.6 Å². The molecule has 182 valence electrons. The third kappa shape index (κ3) is 6.52. The quantitative estimate of drug-likeness (QED) is 0.272. The van der Waals surface area contributed by atoms with Crippen LogP contribution in [0.25, 0.3) is 11.4 Å². The van der Waals surface area contributed by atoms with Crippen LogP contribution in [0.2, 0.25) is 0 Å². The van der Waals surface area contributed by atoms with Crippen molar-refractivity contribution in [2.45, 2.75) is 18.2 Å². The molecule has 0 aliphatic carbocycles. The van der Waals surface area contributed by atoms with Gasteiger partial charge in [0.15, 0.2) is 11.0 Å². The van der Waals surface area contributed by atoms with Crippen LogP contribution in [-0.4, -0.2) is 58.7 Å². The van der Waals surface area contributed by atoms with E-state index in [1.54, 1.807) is 20.5 Å². The maximum absolute atomic E-state index is 13.2. The molecule has 4 aromatic rings. The first-order chi connectivity index (χ1) is 17.2. The second-order valence-corrected chi connectivity index (χ2v) is 8.73. The maximum atomic E-state index is 13.2. The highest BCUT2D eigenvalue weighted by atomic mass is 32.2. The average molecular weight is 493 g/mol. The Morgan fingerprint density at radius 3 is 2.66 bits per heavy atom. The van der Waals surface area contributed by atoms with E-state index in [9.17, 15) is 4.79 Å². The van der Waals surface area contributed by atoms with Crippen molar-refractivity contribution in [3.8, 4) is 17.1 Å². The number of methoxy groups -OCH3 is 2. The van der Waals surface area contributed by atoms with E-state index in [-0.39, 0.29) is 11.7 Å². The highest BCUT2D eigenvalue weighted by molar-refractivity contribution is 7.99. The molecule has 0 aliphatic heterocycles. The minimum absolute atomic E-state index is 0.00591. The predicted octanol–water partition coefficient (Wildman–Crippen LogP) is 4.36. The largest absolute Gasteiger partial charge is 0.497 e. The molecule has 9 heteroatoms. The minimum atomic E-state index is 0.00591. The lowest BCUT2D eigenvalue weighted by atomic mass is 10.2. The van der Waals surface area contributed by atoms with E-state index < -0.39 is 0 Å². The van der Waals surface area contributed by atoms with Crippen LogP contribution >= 0.6 is 11.8 Å². The number of ether oxygens (including phenoxy) is 2. The minimum Gasteiger partial charge on any atom is -0.497 e. The van der Waals surface area contributed by atoms with Gasteiger partial charge >= 0.3 is 0 Å². The fourth-order valence-corrected chi connectivity index (χ4v) is 4.43. The Hall–Kier alpha value is -3.56. The number of rotatable bonds is 12. The Balaban J connectivity index is 1.54. The second kappa shape index (κ2) is 12.2. The number of carbonyl (C=O) groups excluding carboxylic acids is 1. The molecule has 0 saturated carbocycles. The van der Waals surface area contributed by atoms with Gasteiger partial charge in [-0.2, -0.15) is 0 Å². The topological polar surface area (TPSA) is 82.6 Å². The fourth-order valence-electron chi connectivity index (χ4n) is 3.59. The van der Waals surface area contributed by atoms with Crippen molar-refractivity contribution in [3.63, 3.8) is 0 Å². The van der Waals surface area contributed by atoms with Crippen LogP contribution in [0.1, 0.15) is 11.3 Å². The normalized spacial score (nSPS) is 10.9.